The van der Waals surface area contributed by atoms with Crippen molar-refractivity contribution >= 4 is 22.3 Å². The van der Waals surface area contributed by atoms with Gasteiger partial charge in [-0.3, -0.25) is 10.00 Å². The number of aromatic nitrogens is 5. The maximum atomic E-state index is 4.72. The summed E-state index contributed by atoms with van der Waals surface area (Å²) in [6.45, 7) is 7.03. The summed E-state index contributed by atoms with van der Waals surface area (Å²) in [5.74, 6) is 2.04. The van der Waals surface area contributed by atoms with Crippen molar-refractivity contribution in [2.45, 2.75) is 39.2 Å². The van der Waals surface area contributed by atoms with E-state index in [1.54, 1.807) is 11.3 Å². The van der Waals surface area contributed by atoms with Gasteiger partial charge >= 0.3 is 0 Å². The molecule has 1 aliphatic rings. The van der Waals surface area contributed by atoms with Gasteiger partial charge in [-0.2, -0.15) is 5.10 Å². The van der Waals surface area contributed by atoms with Crippen molar-refractivity contribution in [3.63, 3.8) is 0 Å². The zero-order chi connectivity index (χ0) is 17.9. The number of rotatable bonds is 5. The predicted octanol–water partition coefficient (Wildman–Crippen LogP) is 3.40. The van der Waals surface area contributed by atoms with Crippen molar-refractivity contribution < 1.29 is 0 Å². The number of hydrogen-bond donors (Lipinski definition) is 2. The van der Waals surface area contributed by atoms with Crippen LogP contribution in [-0.2, 0) is 6.54 Å². The predicted molar refractivity (Wildman–Crippen MR) is 103 cm³/mol. The van der Waals surface area contributed by atoms with Gasteiger partial charge < -0.3 is 5.32 Å². The van der Waals surface area contributed by atoms with E-state index in [4.69, 9.17) is 4.98 Å². The van der Waals surface area contributed by atoms with E-state index in [0.29, 0.717) is 5.92 Å². The van der Waals surface area contributed by atoms with Crippen LogP contribution in [0, 0.1) is 13.8 Å². The minimum atomic E-state index is 0.423. The summed E-state index contributed by atoms with van der Waals surface area (Å²) in [4.78, 5) is 17.3. The van der Waals surface area contributed by atoms with E-state index in [0.717, 1.165) is 54.2 Å². The SMILES string of the molecule is Cc1nc(Nc2ncc(C)s2)cc(C2CCCN(Cc3ccn[nH]3)C2)n1. The first kappa shape index (κ1) is 17.1. The molecule has 1 unspecified atom stereocenters. The molecule has 4 heterocycles. The Morgan fingerprint density at radius 2 is 2.27 bits per heavy atom. The summed E-state index contributed by atoms with van der Waals surface area (Å²) in [6, 6.07) is 4.12. The second-order valence-corrected chi connectivity index (χ2v) is 8.02. The molecule has 0 bridgehead atoms. The third kappa shape index (κ3) is 4.08. The number of aromatic amines is 1. The minimum Gasteiger partial charge on any atom is -0.316 e. The molecule has 1 atom stereocenters. The van der Waals surface area contributed by atoms with Gasteiger partial charge in [-0.25, -0.2) is 15.0 Å². The average molecular weight is 369 g/mol. The Bertz CT molecular complexity index is 858. The van der Waals surface area contributed by atoms with Crippen LogP contribution in [0.4, 0.5) is 10.9 Å². The molecule has 7 nitrogen and oxygen atoms in total. The molecule has 0 spiro atoms. The molecule has 1 saturated heterocycles. The van der Waals surface area contributed by atoms with Crippen LogP contribution in [0.1, 0.15) is 40.8 Å². The summed E-state index contributed by atoms with van der Waals surface area (Å²) in [6.07, 6.45) is 6.02. The van der Waals surface area contributed by atoms with Crippen LogP contribution in [0.2, 0.25) is 0 Å². The molecule has 1 fully saturated rings. The average Bonchev–Trinajstić information content (AvgIpc) is 3.26. The molecule has 0 aliphatic carbocycles. The maximum Gasteiger partial charge on any atom is 0.188 e. The number of hydrogen-bond acceptors (Lipinski definition) is 7. The number of H-pyrrole nitrogens is 1. The minimum absolute atomic E-state index is 0.423. The highest BCUT2D eigenvalue weighted by Gasteiger charge is 2.23. The van der Waals surface area contributed by atoms with Crippen molar-refractivity contribution in [3.8, 4) is 0 Å². The van der Waals surface area contributed by atoms with E-state index in [1.165, 1.54) is 11.3 Å². The van der Waals surface area contributed by atoms with Crippen molar-refractivity contribution in [2.75, 3.05) is 18.4 Å². The molecule has 1 aliphatic heterocycles. The lowest BCUT2D eigenvalue weighted by molar-refractivity contribution is 0.196. The number of thiazole rings is 1. The summed E-state index contributed by atoms with van der Waals surface area (Å²) >= 11 is 1.63. The van der Waals surface area contributed by atoms with E-state index < -0.39 is 0 Å². The summed E-state index contributed by atoms with van der Waals surface area (Å²) in [5.41, 5.74) is 2.27. The van der Waals surface area contributed by atoms with Crippen LogP contribution in [-0.4, -0.2) is 43.1 Å². The molecular formula is C18H23N7S. The monoisotopic (exact) mass is 369 g/mol. The molecule has 26 heavy (non-hydrogen) atoms. The maximum absolute atomic E-state index is 4.72. The highest BCUT2D eigenvalue weighted by Crippen LogP contribution is 2.29. The Kier molecular flexibility index (Phi) is 4.94. The third-order valence-electron chi connectivity index (χ3n) is 4.59. The summed E-state index contributed by atoms with van der Waals surface area (Å²) < 4.78 is 0. The number of piperidine rings is 1. The fourth-order valence-corrected chi connectivity index (χ4v) is 4.11. The van der Waals surface area contributed by atoms with Gasteiger partial charge in [0.2, 0.25) is 0 Å². The van der Waals surface area contributed by atoms with Gasteiger partial charge in [-0.1, -0.05) is 0 Å². The molecule has 136 valence electrons. The van der Waals surface area contributed by atoms with Crippen LogP contribution in [0.25, 0.3) is 0 Å². The Morgan fingerprint density at radius 1 is 1.35 bits per heavy atom. The number of aryl methyl sites for hydroxylation is 2. The Morgan fingerprint density at radius 3 is 3.04 bits per heavy atom. The molecular weight excluding hydrogens is 346 g/mol. The van der Waals surface area contributed by atoms with Crippen LogP contribution >= 0.6 is 11.3 Å². The summed E-state index contributed by atoms with van der Waals surface area (Å²) in [7, 11) is 0. The van der Waals surface area contributed by atoms with E-state index in [2.05, 4.69) is 43.4 Å². The fourth-order valence-electron chi connectivity index (χ4n) is 3.44. The number of nitrogens with one attached hydrogen (secondary N) is 2. The standard InChI is InChI=1S/C18H23N7S/c1-12-9-19-18(26-12)23-17-8-16(21-13(2)22-17)14-4-3-7-25(10-14)11-15-5-6-20-24-15/h5-6,8-9,14H,3-4,7,10-11H2,1-2H3,(H,20,24)(H,19,21,22,23). The smallest absolute Gasteiger partial charge is 0.188 e. The van der Waals surface area contributed by atoms with Gasteiger partial charge in [-0.15, -0.1) is 11.3 Å². The number of nitrogens with zero attached hydrogens (tertiary/aromatic N) is 5. The molecule has 3 aromatic heterocycles. The Hall–Kier alpha value is -2.32. The van der Waals surface area contributed by atoms with Crippen molar-refractivity contribution in [1.82, 2.24) is 30.0 Å². The third-order valence-corrected chi connectivity index (χ3v) is 5.42. The first-order valence-electron chi connectivity index (χ1n) is 8.91. The van der Waals surface area contributed by atoms with Gasteiger partial charge in [0.25, 0.3) is 0 Å². The number of anilines is 2. The second-order valence-electron chi connectivity index (χ2n) is 6.78. The van der Waals surface area contributed by atoms with E-state index in [9.17, 15) is 0 Å². The fraction of sp³-hybridized carbons (Fsp3) is 0.444. The zero-order valence-electron chi connectivity index (χ0n) is 15.1. The molecule has 0 radical (unpaired) electrons. The van der Waals surface area contributed by atoms with Gasteiger partial charge in [0.1, 0.15) is 11.6 Å². The topological polar surface area (TPSA) is 82.6 Å². The molecule has 0 aromatic carbocycles. The van der Waals surface area contributed by atoms with Crippen molar-refractivity contribution in [2.24, 2.45) is 0 Å². The van der Waals surface area contributed by atoms with Gasteiger partial charge in [-0.05, 0) is 39.3 Å². The zero-order valence-corrected chi connectivity index (χ0v) is 15.9. The van der Waals surface area contributed by atoms with Crippen molar-refractivity contribution in [1.29, 1.82) is 0 Å². The van der Waals surface area contributed by atoms with Gasteiger partial charge in [0.15, 0.2) is 5.13 Å². The van der Waals surface area contributed by atoms with Crippen LogP contribution in [0.3, 0.4) is 0 Å². The highest BCUT2D eigenvalue weighted by molar-refractivity contribution is 7.15. The first-order chi connectivity index (χ1) is 12.7. The number of likely N-dealkylation sites (tertiary alicyclic amines) is 1. The van der Waals surface area contributed by atoms with Crippen molar-refractivity contribution in [3.05, 3.63) is 46.6 Å². The molecule has 0 amide bonds. The second kappa shape index (κ2) is 7.51. The molecule has 8 heteroatoms. The van der Waals surface area contributed by atoms with Crippen LogP contribution in [0.15, 0.2) is 24.5 Å². The van der Waals surface area contributed by atoms with E-state index in [1.807, 2.05) is 25.4 Å². The lowest BCUT2D eigenvalue weighted by Crippen LogP contribution is -2.34. The first-order valence-corrected chi connectivity index (χ1v) is 9.73. The highest BCUT2D eigenvalue weighted by atomic mass is 32.1. The van der Waals surface area contributed by atoms with Crippen LogP contribution in [0.5, 0.6) is 0 Å². The lowest BCUT2D eigenvalue weighted by Gasteiger charge is -2.32. The molecule has 3 aromatic rings. The molecule has 4 rings (SSSR count). The molecule has 0 saturated carbocycles. The van der Waals surface area contributed by atoms with E-state index >= 15 is 0 Å². The molecule has 2 N–H and O–H groups in total. The Labute approximate surface area is 156 Å². The quantitative estimate of drug-likeness (QED) is 0.717. The van der Waals surface area contributed by atoms with Gasteiger partial charge in [0, 0.05) is 48.0 Å². The Balaban J connectivity index is 1.49. The largest absolute Gasteiger partial charge is 0.316 e. The normalized spacial score (nSPS) is 18.2. The van der Waals surface area contributed by atoms with E-state index in [-0.39, 0.29) is 0 Å². The lowest BCUT2D eigenvalue weighted by atomic mass is 9.94. The van der Waals surface area contributed by atoms with Gasteiger partial charge in [0.05, 0.1) is 5.69 Å². The van der Waals surface area contributed by atoms with Crippen LogP contribution < -0.4 is 5.32 Å². The summed E-state index contributed by atoms with van der Waals surface area (Å²) in [5, 5.41) is 11.3.